The third-order valence-electron chi connectivity index (χ3n) is 6.88. The number of benzene rings is 2. The molecule has 3 amide bonds. The first-order chi connectivity index (χ1) is 18.2. The van der Waals surface area contributed by atoms with E-state index in [-0.39, 0.29) is 36.9 Å². The molecule has 2 aliphatic rings. The van der Waals surface area contributed by atoms with Crippen molar-refractivity contribution in [2.45, 2.75) is 63.5 Å². The Labute approximate surface area is 220 Å². The molecule has 2 atom stereocenters. The molecule has 38 heavy (non-hydrogen) atoms. The van der Waals surface area contributed by atoms with Crippen LogP contribution in [-0.4, -0.2) is 51.4 Å². The molecule has 0 saturated carbocycles. The number of hydrogen-bond donors (Lipinski definition) is 2. The summed E-state index contributed by atoms with van der Waals surface area (Å²) in [5, 5.41) is 18.1. The topological polar surface area (TPSA) is 157 Å². The second kappa shape index (κ2) is 11.4. The summed E-state index contributed by atoms with van der Waals surface area (Å²) in [4.78, 5) is 55.2. The number of nitrogens with zero attached hydrogens (tertiary/aromatic N) is 3. The van der Waals surface area contributed by atoms with Crippen LogP contribution in [-0.2, 0) is 25.6 Å². The molecule has 2 aliphatic heterocycles. The molecule has 200 valence electrons. The number of carbonyl (C=O) groups is 3. The first kappa shape index (κ1) is 26.8. The molecule has 0 bridgehead atoms. The quantitative estimate of drug-likeness (QED) is 0.277. The van der Waals surface area contributed by atoms with Crippen molar-refractivity contribution in [3.63, 3.8) is 0 Å². The van der Waals surface area contributed by atoms with Crippen molar-refractivity contribution >= 4 is 34.8 Å². The van der Waals surface area contributed by atoms with Crippen LogP contribution in [0.4, 0.5) is 11.4 Å². The number of hydrogen-bond acceptors (Lipinski definition) is 7. The zero-order chi connectivity index (χ0) is 27.3. The van der Waals surface area contributed by atoms with Crippen LogP contribution >= 0.6 is 0 Å². The lowest BCUT2D eigenvalue weighted by molar-refractivity contribution is -0.384. The average molecular weight is 522 g/mol. The van der Waals surface area contributed by atoms with E-state index in [0.29, 0.717) is 29.8 Å². The molecule has 2 aromatic rings. The van der Waals surface area contributed by atoms with Gasteiger partial charge in [0.2, 0.25) is 17.7 Å². The fourth-order valence-electron chi connectivity index (χ4n) is 4.88. The summed E-state index contributed by atoms with van der Waals surface area (Å²) >= 11 is 0. The minimum atomic E-state index is -0.889. The Kier molecular flexibility index (Phi) is 8.04. The molecule has 2 heterocycles. The highest BCUT2D eigenvalue weighted by atomic mass is 16.7. The van der Waals surface area contributed by atoms with Gasteiger partial charge >= 0.3 is 0 Å². The van der Waals surface area contributed by atoms with E-state index in [1.807, 2.05) is 24.3 Å². The maximum atomic E-state index is 13.1. The fourth-order valence-corrected chi connectivity index (χ4v) is 4.88. The minimum Gasteiger partial charge on any atom is -0.387 e. The largest absolute Gasteiger partial charge is 0.387 e. The zero-order valence-electron chi connectivity index (χ0n) is 21.2. The third-order valence-corrected chi connectivity index (χ3v) is 6.88. The number of carbonyl (C=O) groups excluding carboxylic acids is 3. The molecule has 11 heteroatoms. The van der Waals surface area contributed by atoms with Gasteiger partial charge in [-0.05, 0) is 24.1 Å². The molecule has 0 aromatic heterocycles. The Morgan fingerprint density at radius 1 is 1.21 bits per heavy atom. The molecule has 4 rings (SSSR count). The summed E-state index contributed by atoms with van der Waals surface area (Å²) in [6.45, 7) is 2.22. The molecule has 11 nitrogen and oxygen atoms in total. The number of unbranched alkanes of at least 4 members (excludes halogenated alkanes) is 2. The number of non-ortho nitro benzene ring substituents is 1. The Morgan fingerprint density at radius 2 is 1.97 bits per heavy atom. The first-order valence-corrected chi connectivity index (χ1v) is 12.7. The van der Waals surface area contributed by atoms with Gasteiger partial charge in [0.15, 0.2) is 5.60 Å². The van der Waals surface area contributed by atoms with Gasteiger partial charge in [0.1, 0.15) is 6.04 Å². The van der Waals surface area contributed by atoms with Crippen LogP contribution in [0.2, 0.25) is 0 Å². The van der Waals surface area contributed by atoms with E-state index in [1.54, 1.807) is 0 Å². The van der Waals surface area contributed by atoms with Gasteiger partial charge in [-0.2, -0.15) is 0 Å². The number of oxime groups is 1. The van der Waals surface area contributed by atoms with Crippen LogP contribution in [0.1, 0.15) is 56.6 Å². The van der Waals surface area contributed by atoms with E-state index in [1.165, 1.54) is 29.2 Å². The lowest BCUT2D eigenvalue weighted by atomic mass is 9.91. The van der Waals surface area contributed by atoms with Crippen LogP contribution in [0.3, 0.4) is 0 Å². The minimum absolute atomic E-state index is 0.0361. The van der Waals surface area contributed by atoms with Crippen LogP contribution in [0.25, 0.3) is 0 Å². The maximum Gasteiger partial charge on any atom is 0.269 e. The van der Waals surface area contributed by atoms with Crippen molar-refractivity contribution in [2.75, 3.05) is 11.9 Å². The number of anilines is 1. The van der Waals surface area contributed by atoms with Gasteiger partial charge in [-0.1, -0.05) is 49.2 Å². The van der Waals surface area contributed by atoms with Crippen molar-refractivity contribution in [3.05, 3.63) is 69.8 Å². The highest BCUT2D eigenvalue weighted by Gasteiger charge is 2.53. The SMILES string of the molecule is CCCCCC(=O)Nc1cccc(C2=NOC3(C2)CC(C(N)=O)N(C(=O)Cc2ccc([N+](=O)[O-])cc2)C3)c1. The summed E-state index contributed by atoms with van der Waals surface area (Å²) in [5.41, 5.74) is 7.36. The highest BCUT2D eigenvalue weighted by molar-refractivity contribution is 6.03. The Balaban J connectivity index is 1.42. The molecule has 0 aliphatic carbocycles. The number of nitro groups is 1. The molecule has 0 radical (unpaired) electrons. The van der Waals surface area contributed by atoms with E-state index in [4.69, 9.17) is 10.6 Å². The molecule has 1 saturated heterocycles. The van der Waals surface area contributed by atoms with Crippen LogP contribution in [0, 0.1) is 10.1 Å². The Hall–Kier alpha value is -4.28. The number of rotatable bonds is 10. The fraction of sp³-hybridized carbons (Fsp3) is 0.407. The van der Waals surface area contributed by atoms with E-state index in [0.717, 1.165) is 24.8 Å². The first-order valence-electron chi connectivity index (χ1n) is 12.7. The standard InChI is InChI=1S/C27H31N5O6/c1-2-3-4-8-24(33)29-20-7-5-6-19(14-20)22-15-27(38-30-22)16-23(26(28)35)31(17-27)25(34)13-18-9-11-21(12-10-18)32(36)37/h5-7,9-12,14,23H,2-4,8,13,15-17H2,1H3,(H2,28,35)(H,29,33). The normalized spacial score (nSPS) is 20.2. The van der Waals surface area contributed by atoms with Crippen molar-refractivity contribution in [2.24, 2.45) is 10.9 Å². The van der Waals surface area contributed by atoms with Gasteiger partial charge in [0, 0.05) is 42.6 Å². The summed E-state index contributed by atoms with van der Waals surface area (Å²) < 4.78 is 0. The van der Waals surface area contributed by atoms with Gasteiger partial charge in [-0.25, -0.2) is 0 Å². The Morgan fingerprint density at radius 3 is 2.66 bits per heavy atom. The van der Waals surface area contributed by atoms with Crippen molar-refractivity contribution in [1.29, 1.82) is 0 Å². The molecular formula is C27H31N5O6. The third kappa shape index (κ3) is 6.16. The summed E-state index contributed by atoms with van der Waals surface area (Å²) in [6, 6.07) is 12.2. The van der Waals surface area contributed by atoms with Crippen molar-refractivity contribution in [1.82, 2.24) is 4.90 Å². The van der Waals surface area contributed by atoms with E-state index < -0.39 is 22.5 Å². The predicted molar refractivity (Wildman–Crippen MR) is 140 cm³/mol. The van der Waals surface area contributed by atoms with Crippen LogP contribution < -0.4 is 11.1 Å². The molecule has 2 unspecified atom stereocenters. The Bertz CT molecular complexity index is 1260. The smallest absolute Gasteiger partial charge is 0.269 e. The lowest BCUT2D eigenvalue weighted by Gasteiger charge is -2.23. The van der Waals surface area contributed by atoms with E-state index in [9.17, 15) is 24.5 Å². The predicted octanol–water partition coefficient (Wildman–Crippen LogP) is 3.31. The maximum absolute atomic E-state index is 13.1. The highest BCUT2D eigenvalue weighted by Crippen LogP contribution is 2.39. The number of nitrogens with one attached hydrogen (secondary N) is 1. The molecule has 2 aromatic carbocycles. The second-order valence-corrected chi connectivity index (χ2v) is 9.82. The van der Waals surface area contributed by atoms with Gasteiger partial charge in [-0.3, -0.25) is 24.5 Å². The number of nitrogens with two attached hydrogens (primary N) is 1. The van der Waals surface area contributed by atoms with Crippen molar-refractivity contribution < 1.29 is 24.1 Å². The average Bonchev–Trinajstić information content (AvgIpc) is 3.49. The number of nitro benzene ring substituents is 1. The van der Waals surface area contributed by atoms with Gasteiger partial charge in [-0.15, -0.1) is 0 Å². The van der Waals surface area contributed by atoms with Crippen molar-refractivity contribution in [3.8, 4) is 0 Å². The lowest BCUT2D eigenvalue weighted by Crippen LogP contribution is -2.44. The second-order valence-electron chi connectivity index (χ2n) is 9.82. The zero-order valence-corrected chi connectivity index (χ0v) is 21.2. The number of amides is 3. The number of likely N-dealkylation sites (tertiary alicyclic amines) is 1. The monoisotopic (exact) mass is 521 g/mol. The molecule has 3 N–H and O–H groups in total. The molecule has 1 fully saturated rings. The van der Waals surface area contributed by atoms with Crippen LogP contribution in [0.15, 0.2) is 53.7 Å². The van der Waals surface area contributed by atoms with Crippen LogP contribution in [0.5, 0.6) is 0 Å². The van der Waals surface area contributed by atoms with E-state index in [2.05, 4.69) is 17.4 Å². The molecule has 1 spiro atoms. The summed E-state index contributed by atoms with van der Waals surface area (Å²) in [5.74, 6) is -1.01. The summed E-state index contributed by atoms with van der Waals surface area (Å²) in [7, 11) is 0. The van der Waals surface area contributed by atoms with Gasteiger partial charge in [0.25, 0.3) is 5.69 Å². The van der Waals surface area contributed by atoms with E-state index >= 15 is 0 Å². The summed E-state index contributed by atoms with van der Waals surface area (Å²) in [6.07, 6.45) is 3.88. The number of primary amides is 1. The van der Waals surface area contributed by atoms with Gasteiger partial charge in [0.05, 0.1) is 23.6 Å². The molecular weight excluding hydrogens is 490 g/mol. The van der Waals surface area contributed by atoms with Gasteiger partial charge < -0.3 is 20.8 Å².